The van der Waals surface area contributed by atoms with Crippen LogP contribution >= 0.6 is 0 Å². The molecule has 0 saturated carbocycles. The summed E-state index contributed by atoms with van der Waals surface area (Å²) >= 11 is 0. The molecule has 53 heavy (non-hydrogen) atoms. The van der Waals surface area contributed by atoms with Gasteiger partial charge in [0.2, 0.25) is 0 Å². The number of ether oxygens (including phenoxy) is 4. The number of hydrogen-bond donors (Lipinski definition) is 2. The number of fused-ring (bicyclic) bond motifs is 3. The van der Waals surface area contributed by atoms with Crippen LogP contribution in [-0.2, 0) is 48.3 Å². The average Bonchev–Trinajstić information content (AvgIpc) is 3.66. The van der Waals surface area contributed by atoms with E-state index in [0.29, 0.717) is 76.7 Å². The largest absolute Gasteiger partial charge is 0.493 e. The Bertz CT molecular complexity index is 2240. The van der Waals surface area contributed by atoms with Crippen LogP contribution in [0.3, 0.4) is 0 Å². The van der Waals surface area contributed by atoms with Crippen LogP contribution in [0.5, 0.6) is 11.5 Å². The summed E-state index contributed by atoms with van der Waals surface area (Å²) in [5.74, 6) is 0.556. The fraction of sp³-hybridized carbons (Fsp3) is 0.349. The number of aryl methyl sites for hydroxylation is 3. The zero-order valence-electron chi connectivity index (χ0n) is 30.1. The molecule has 2 N–H and O–H groups in total. The lowest BCUT2D eigenvalue weighted by molar-refractivity contribution is -0.0679. The van der Waals surface area contributed by atoms with Crippen LogP contribution in [0.25, 0.3) is 32.8 Å². The van der Waals surface area contributed by atoms with Gasteiger partial charge in [0, 0.05) is 68.2 Å². The van der Waals surface area contributed by atoms with E-state index >= 15 is 0 Å². The van der Waals surface area contributed by atoms with Gasteiger partial charge in [-0.25, -0.2) is 4.79 Å². The number of nitrogens with zero attached hydrogens (tertiary/aromatic N) is 3. The molecule has 10 nitrogen and oxygen atoms in total. The average molecular weight is 716 g/mol. The van der Waals surface area contributed by atoms with Gasteiger partial charge in [0.25, 0.3) is 0 Å². The van der Waals surface area contributed by atoms with Crippen molar-refractivity contribution in [1.29, 1.82) is 0 Å². The molecule has 2 aromatic heterocycles. The van der Waals surface area contributed by atoms with Crippen molar-refractivity contribution in [3.8, 4) is 22.6 Å². The van der Waals surface area contributed by atoms with Gasteiger partial charge in [-0.2, -0.15) is 5.10 Å². The van der Waals surface area contributed by atoms with E-state index in [1.807, 2.05) is 77.0 Å². The molecule has 0 bridgehead atoms. The van der Waals surface area contributed by atoms with Gasteiger partial charge in [0.15, 0.2) is 0 Å². The maximum Gasteiger partial charge on any atom is 0.352 e. The maximum absolute atomic E-state index is 13.1. The molecule has 0 aliphatic carbocycles. The molecule has 4 aromatic carbocycles. The van der Waals surface area contributed by atoms with E-state index < -0.39 is 11.6 Å². The number of carbonyl (C=O) groups is 1. The van der Waals surface area contributed by atoms with Crippen molar-refractivity contribution in [3.63, 3.8) is 0 Å². The van der Waals surface area contributed by atoms with Crippen molar-refractivity contribution in [1.82, 2.24) is 14.3 Å². The summed E-state index contributed by atoms with van der Waals surface area (Å²) in [5.41, 5.74) is 5.45. The summed E-state index contributed by atoms with van der Waals surface area (Å²) in [5, 5.41) is 29.9. The lowest BCUT2D eigenvalue weighted by Gasteiger charge is -2.32. The lowest BCUT2D eigenvalue weighted by Crippen LogP contribution is -2.33. The quantitative estimate of drug-likeness (QED) is 0.138. The maximum atomic E-state index is 13.1. The molecule has 4 heterocycles. The van der Waals surface area contributed by atoms with Crippen LogP contribution in [0.2, 0.25) is 0 Å². The fourth-order valence-corrected chi connectivity index (χ4v) is 8.01. The first-order chi connectivity index (χ1) is 25.9. The predicted molar refractivity (Wildman–Crippen MR) is 202 cm³/mol. The van der Waals surface area contributed by atoms with Gasteiger partial charge in [-0.15, -0.1) is 0 Å². The Morgan fingerprint density at radius 3 is 2.49 bits per heavy atom. The van der Waals surface area contributed by atoms with Gasteiger partial charge in [0.05, 0.1) is 30.0 Å². The minimum atomic E-state index is -0.938. The second-order valence-corrected chi connectivity index (χ2v) is 14.0. The molecular weight excluding hydrogens is 670 g/mol. The van der Waals surface area contributed by atoms with Crippen molar-refractivity contribution < 1.29 is 34.0 Å². The van der Waals surface area contributed by atoms with Crippen molar-refractivity contribution in [2.75, 3.05) is 26.4 Å². The van der Waals surface area contributed by atoms with E-state index in [-0.39, 0.29) is 6.61 Å². The predicted octanol–water partition coefficient (Wildman–Crippen LogP) is 7.79. The smallest absolute Gasteiger partial charge is 0.352 e. The molecule has 2 aliphatic rings. The number of aromatic nitrogens is 3. The second kappa shape index (κ2) is 15.1. The van der Waals surface area contributed by atoms with E-state index in [1.165, 1.54) is 0 Å². The third-order valence-electron chi connectivity index (χ3n) is 10.7. The summed E-state index contributed by atoms with van der Waals surface area (Å²) in [6, 6.07) is 27.9. The van der Waals surface area contributed by atoms with Crippen LogP contribution in [-0.4, -0.2) is 57.0 Å². The van der Waals surface area contributed by atoms with Crippen molar-refractivity contribution in [2.24, 2.45) is 7.05 Å². The third kappa shape index (κ3) is 6.90. The number of carboxylic acid groups (broad SMARTS) is 1. The van der Waals surface area contributed by atoms with Gasteiger partial charge in [-0.05, 0) is 60.4 Å². The summed E-state index contributed by atoms with van der Waals surface area (Å²) < 4.78 is 28.1. The van der Waals surface area contributed by atoms with Gasteiger partial charge in [0.1, 0.15) is 29.5 Å². The Morgan fingerprint density at radius 1 is 0.887 bits per heavy atom. The number of para-hydroxylation sites is 1. The highest BCUT2D eigenvalue weighted by Gasteiger charge is 2.32. The SMILES string of the molecule is Cn1nc(COc2ccc(C3(O)CCOCC3)cc2)c2c1COCCCCn1c(C(=O)O)c(CCCOc3cccc4ccccc34)c3cccc-2c31. The van der Waals surface area contributed by atoms with Crippen LogP contribution in [0.4, 0.5) is 0 Å². The third-order valence-corrected chi connectivity index (χ3v) is 10.7. The number of aromatic carboxylic acids is 1. The van der Waals surface area contributed by atoms with Crippen molar-refractivity contribution in [3.05, 3.63) is 113 Å². The molecule has 0 spiro atoms. The topological polar surface area (TPSA) is 117 Å². The number of carboxylic acids is 1. The standard InChI is InChI=1S/C43H45N3O7/c1-45-37-28-51-23-5-4-22-46-40-33(34(41(46)42(47)48)14-8-24-52-38-15-6-10-29-9-2-3-11-32(29)38)12-7-13-35(40)39(37)36(44-45)27-53-31-18-16-30(17-19-31)43(49)20-25-50-26-21-43/h2-3,6-7,9-13,15-19,49H,4-5,8,14,20-28H2,1H3,(H,47,48). The molecule has 0 radical (unpaired) electrons. The van der Waals surface area contributed by atoms with Gasteiger partial charge in [-0.3, -0.25) is 4.68 Å². The van der Waals surface area contributed by atoms with Crippen LogP contribution in [0.15, 0.2) is 84.9 Å². The van der Waals surface area contributed by atoms with Crippen LogP contribution in [0.1, 0.15) is 65.1 Å². The van der Waals surface area contributed by atoms with Crippen LogP contribution < -0.4 is 9.47 Å². The summed E-state index contributed by atoms with van der Waals surface area (Å²) in [4.78, 5) is 13.1. The summed E-state index contributed by atoms with van der Waals surface area (Å²) in [7, 11) is 1.91. The van der Waals surface area contributed by atoms with Gasteiger partial charge in [-0.1, -0.05) is 66.7 Å². The zero-order chi connectivity index (χ0) is 36.4. The van der Waals surface area contributed by atoms with Crippen molar-refractivity contribution >= 4 is 27.6 Å². The number of rotatable bonds is 10. The molecule has 8 rings (SSSR count). The normalized spacial score (nSPS) is 15.9. The number of aliphatic hydroxyl groups is 1. The molecular formula is C43H45N3O7. The minimum absolute atomic E-state index is 0.196. The molecule has 10 heteroatoms. The molecule has 0 amide bonds. The Morgan fingerprint density at radius 2 is 1.66 bits per heavy atom. The Hall–Kier alpha value is -5.16. The Kier molecular flexibility index (Phi) is 9.92. The molecule has 1 saturated heterocycles. The van der Waals surface area contributed by atoms with E-state index in [1.54, 1.807) is 0 Å². The highest BCUT2D eigenvalue weighted by molar-refractivity contribution is 6.04. The van der Waals surface area contributed by atoms with E-state index in [4.69, 9.17) is 24.0 Å². The molecule has 2 aliphatic heterocycles. The highest BCUT2D eigenvalue weighted by Crippen LogP contribution is 2.40. The zero-order valence-corrected chi connectivity index (χ0v) is 30.1. The molecule has 6 aromatic rings. The Labute approximate surface area is 308 Å². The minimum Gasteiger partial charge on any atom is -0.493 e. The van der Waals surface area contributed by atoms with Crippen molar-refractivity contribution in [2.45, 2.75) is 63.9 Å². The van der Waals surface area contributed by atoms with Crippen LogP contribution in [0, 0.1) is 0 Å². The lowest BCUT2D eigenvalue weighted by atomic mass is 9.86. The monoisotopic (exact) mass is 715 g/mol. The summed E-state index contributed by atoms with van der Waals surface area (Å²) in [6.45, 7) is 3.21. The molecule has 0 unspecified atom stereocenters. The second-order valence-electron chi connectivity index (χ2n) is 14.0. The first-order valence-electron chi connectivity index (χ1n) is 18.6. The number of benzene rings is 4. The van der Waals surface area contributed by atoms with E-state index in [9.17, 15) is 15.0 Å². The number of hydrogen-bond acceptors (Lipinski definition) is 7. The molecule has 0 atom stereocenters. The fourth-order valence-electron chi connectivity index (χ4n) is 8.01. The Balaban J connectivity index is 1.12. The highest BCUT2D eigenvalue weighted by atomic mass is 16.5. The first kappa shape index (κ1) is 34.9. The van der Waals surface area contributed by atoms with Gasteiger partial charge < -0.3 is 33.7 Å². The summed E-state index contributed by atoms with van der Waals surface area (Å²) in [6.07, 6.45) is 3.92. The first-order valence-corrected chi connectivity index (χ1v) is 18.6. The molecule has 274 valence electrons. The van der Waals surface area contributed by atoms with E-state index in [0.717, 1.165) is 73.9 Å². The van der Waals surface area contributed by atoms with Gasteiger partial charge >= 0.3 is 5.97 Å². The molecule has 1 fully saturated rings. The van der Waals surface area contributed by atoms with E-state index in [2.05, 4.69) is 24.3 Å².